The minimum atomic E-state index is -2.21. The fourth-order valence-corrected chi connectivity index (χ4v) is 21.7. The Hall–Kier alpha value is -2.70. The van der Waals surface area contributed by atoms with Crippen LogP contribution in [-0.2, 0) is 20.1 Å². The van der Waals surface area contributed by atoms with Crippen LogP contribution in [0, 0.1) is 0 Å². The monoisotopic (exact) mass is 706 g/mol. The van der Waals surface area contributed by atoms with E-state index in [9.17, 15) is 4.79 Å². The van der Waals surface area contributed by atoms with Gasteiger partial charge in [-0.15, -0.1) is 0 Å². The summed E-state index contributed by atoms with van der Waals surface area (Å²) in [5.41, 5.74) is 3.74. The fraction of sp³-hybridized carbons (Fsp3) is 0.513. The molecule has 1 aliphatic rings. The van der Waals surface area contributed by atoms with Crippen LogP contribution in [0.2, 0.25) is 51.4 Å². The molecule has 0 saturated heterocycles. The van der Waals surface area contributed by atoms with E-state index < -0.39 is 31.4 Å². The summed E-state index contributed by atoms with van der Waals surface area (Å²) in [6.07, 6.45) is 9.47. The fourth-order valence-electron chi connectivity index (χ4n) is 7.43. The minimum Gasteiger partial charge on any atom is -0.493 e. The zero-order chi connectivity index (χ0) is 34.8. The van der Waals surface area contributed by atoms with Crippen molar-refractivity contribution in [1.82, 2.24) is 0 Å². The number of methoxy groups -OCH3 is 1. The Bertz CT molecular complexity index is 1450. The maximum Gasteiger partial charge on any atom is 0.519 e. The van der Waals surface area contributed by atoms with Gasteiger partial charge in [0.25, 0.3) is 0 Å². The van der Waals surface area contributed by atoms with Crippen LogP contribution in [0.25, 0.3) is 0 Å². The first-order chi connectivity index (χ1) is 22.8. The Morgan fingerprint density at radius 1 is 0.708 bits per heavy atom. The molecule has 1 aliphatic carbocycles. The van der Waals surface area contributed by atoms with Crippen molar-refractivity contribution >= 4 is 31.4 Å². The van der Waals surface area contributed by atoms with E-state index in [1.165, 1.54) is 49.3 Å². The second kappa shape index (κ2) is 16.8. The molecule has 3 aromatic carbocycles. The lowest BCUT2D eigenvalue weighted by atomic mass is 9.65. The average Bonchev–Trinajstić information content (AvgIpc) is 3.04. The lowest BCUT2D eigenvalue weighted by Crippen LogP contribution is -2.52. The van der Waals surface area contributed by atoms with E-state index in [-0.39, 0.29) is 5.41 Å². The van der Waals surface area contributed by atoms with E-state index in [0.29, 0.717) is 17.2 Å². The van der Waals surface area contributed by atoms with Crippen LogP contribution in [0.1, 0.15) is 75.0 Å². The average molecular weight is 707 g/mol. The van der Waals surface area contributed by atoms with Gasteiger partial charge in [0.15, 0.2) is 28.1 Å². The molecule has 0 atom stereocenters. The van der Waals surface area contributed by atoms with E-state index in [1.54, 1.807) is 13.2 Å². The van der Waals surface area contributed by atoms with Crippen molar-refractivity contribution in [1.29, 1.82) is 0 Å². The predicted molar refractivity (Wildman–Crippen MR) is 204 cm³/mol. The molecule has 0 aliphatic heterocycles. The molecule has 9 heteroatoms. The van der Waals surface area contributed by atoms with Gasteiger partial charge in [-0.25, -0.2) is 4.79 Å². The molecule has 3 aromatic rings. The molecule has 262 valence electrons. The normalized spacial score (nSPS) is 15.2. The van der Waals surface area contributed by atoms with Crippen molar-refractivity contribution in [2.45, 2.75) is 121 Å². The molecular weight excluding hydrogens is 649 g/mol. The lowest BCUT2D eigenvalue weighted by molar-refractivity contribution is 0.150. The molecule has 1 saturated carbocycles. The van der Waals surface area contributed by atoms with Gasteiger partial charge < -0.3 is 22.4 Å². The molecule has 0 unspecified atom stereocenters. The molecule has 48 heavy (non-hydrogen) atoms. The van der Waals surface area contributed by atoms with Gasteiger partial charge in [-0.3, -0.25) is 0 Å². The van der Waals surface area contributed by atoms with Crippen LogP contribution in [0.5, 0.6) is 17.2 Å². The number of aryl methyl sites for hydroxylation is 1. The van der Waals surface area contributed by atoms with Gasteiger partial charge in [-0.2, -0.15) is 0 Å². The number of hydrogen-bond donors (Lipinski definition) is 0. The molecule has 6 nitrogen and oxygen atoms in total. The first kappa shape index (κ1) is 38.1. The minimum absolute atomic E-state index is 0.00214. The van der Waals surface area contributed by atoms with Crippen molar-refractivity contribution < 1.29 is 27.2 Å². The summed E-state index contributed by atoms with van der Waals surface area (Å²) in [5, 5.41) is 0. The summed E-state index contributed by atoms with van der Waals surface area (Å²) >= 11 is 0. The molecule has 0 amide bonds. The van der Waals surface area contributed by atoms with Gasteiger partial charge in [-0.05, 0) is 118 Å². The van der Waals surface area contributed by atoms with E-state index in [4.69, 9.17) is 22.4 Å². The maximum atomic E-state index is 12.8. The van der Waals surface area contributed by atoms with Crippen molar-refractivity contribution in [2.75, 3.05) is 7.11 Å². The molecule has 0 N–H and O–H groups in total. The molecule has 0 aromatic heterocycles. The van der Waals surface area contributed by atoms with Crippen LogP contribution >= 0.6 is 0 Å². The Labute approximate surface area is 293 Å². The number of rotatable bonds is 16. The zero-order valence-electron chi connectivity index (χ0n) is 30.7. The number of carbonyl (C=O) groups is 1. The smallest absolute Gasteiger partial charge is 0.493 e. The molecular formula is C39H58O6Si3. The predicted octanol–water partition coefficient (Wildman–Crippen LogP) is 11.4. The van der Waals surface area contributed by atoms with Gasteiger partial charge in [0.1, 0.15) is 5.75 Å². The van der Waals surface area contributed by atoms with Crippen molar-refractivity contribution in [3.05, 3.63) is 89.5 Å². The van der Waals surface area contributed by atoms with Crippen molar-refractivity contribution in [3.63, 3.8) is 0 Å². The highest BCUT2D eigenvalue weighted by molar-refractivity contribution is 6.87. The van der Waals surface area contributed by atoms with Gasteiger partial charge in [0, 0.05) is 5.41 Å². The highest BCUT2D eigenvalue weighted by Gasteiger charge is 2.39. The highest BCUT2D eigenvalue weighted by Crippen LogP contribution is 2.45. The van der Waals surface area contributed by atoms with Crippen LogP contribution in [0.3, 0.4) is 0 Å². The molecule has 0 radical (unpaired) electrons. The summed E-state index contributed by atoms with van der Waals surface area (Å²) in [5.74, 6) is 1.30. The first-order valence-electron chi connectivity index (χ1n) is 17.9. The van der Waals surface area contributed by atoms with Gasteiger partial charge in [0.05, 0.1) is 7.11 Å². The van der Waals surface area contributed by atoms with Gasteiger partial charge in [-0.1, -0.05) is 87.6 Å². The third-order valence-corrected chi connectivity index (χ3v) is 21.0. The zero-order valence-corrected chi connectivity index (χ0v) is 33.7. The Morgan fingerprint density at radius 3 is 1.92 bits per heavy atom. The van der Waals surface area contributed by atoms with Crippen LogP contribution < -0.4 is 14.2 Å². The first-order valence-corrected chi connectivity index (χ1v) is 26.9. The molecule has 1 fully saturated rings. The van der Waals surface area contributed by atoms with Crippen LogP contribution in [0.4, 0.5) is 4.79 Å². The summed E-state index contributed by atoms with van der Waals surface area (Å²) in [4.78, 5) is 12.8. The number of hydrogen-bond acceptors (Lipinski definition) is 6. The Balaban J connectivity index is 1.31. The lowest BCUT2D eigenvalue weighted by Gasteiger charge is -2.38. The van der Waals surface area contributed by atoms with E-state index in [2.05, 4.69) is 88.7 Å². The SMILES string of the molecule is CCCC[Si](C)(C)O[Si](C)(C)O[Si](C)(C)CCCc1ccc(OC(=O)Oc2ccc(C3(c4ccccc4)CCCCC3)cc2)c(OC)c1. The Morgan fingerprint density at radius 2 is 1.31 bits per heavy atom. The molecule has 0 spiro atoms. The van der Waals surface area contributed by atoms with Crippen molar-refractivity contribution in [3.8, 4) is 17.2 Å². The summed E-state index contributed by atoms with van der Waals surface area (Å²) in [6.45, 7) is 15.9. The molecule has 0 bridgehead atoms. The van der Waals surface area contributed by atoms with Gasteiger partial charge in [0.2, 0.25) is 0 Å². The van der Waals surface area contributed by atoms with E-state index >= 15 is 0 Å². The summed E-state index contributed by atoms with van der Waals surface area (Å²) in [7, 11) is -4.24. The second-order valence-electron chi connectivity index (χ2n) is 15.1. The van der Waals surface area contributed by atoms with E-state index in [0.717, 1.165) is 37.3 Å². The third-order valence-electron chi connectivity index (χ3n) is 9.48. The second-order valence-corrected chi connectivity index (χ2v) is 27.5. The van der Waals surface area contributed by atoms with Crippen LogP contribution in [-0.4, -0.2) is 38.5 Å². The summed E-state index contributed by atoms with van der Waals surface area (Å²) < 4.78 is 30.3. The quantitative estimate of drug-likeness (QED) is 0.0839. The maximum absolute atomic E-state index is 12.8. The van der Waals surface area contributed by atoms with Gasteiger partial charge >= 0.3 is 14.7 Å². The molecule has 4 rings (SSSR count). The number of carbonyl (C=O) groups excluding carboxylic acids is 1. The standard InChI is InChI=1S/C39H58O6Si3/c1-9-10-29-46(3,4)44-48(7,8)45-47(5,6)30-17-18-32-21-26-36(37(31-32)41-2)43-38(40)42-35-24-22-34(23-25-35)39(27-15-12-16-28-39)33-19-13-11-14-20-33/h11,13-14,19-26,31H,9-10,12,15-18,27-30H2,1-8H3. The van der Waals surface area contributed by atoms with E-state index in [1.807, 2.05) is 24.3 Å². The topological polar surface area (TPSA) is 63.2 Å². The number of ether oxygens (including phenoxy) is 3. The summed E-state index contributed by atoms with van der Waals surface area (Å²) in [6, 6.07) is 26.7. The highest BCUT2D eigenvalue weighted by atomic mass is 28.5. The Kier molecular flexibility index (Phi) is 13.3. The largest absolute Gasteiger partial charge is 0.519 e. The molecule has 0 heterocycles. The third kappa shape index (κ3) is 10.9. The number of benzene rings is 3. The number of unbranched alkanes of at least 4 members (excludes halogenated alkanes) is 1. The van der Waals surface area contributed by atoms with Crippen LogP contribution in [0.15, 0.2) is 72.8 Å². The van der Waals surface area contributed by atoms with Crippen molar-refractivity contribution in [2.24, 2.45) is 0 Å².